The van der Waals surface area contributed by atoms with Gasteiger partial charge in [-0.1, -0.05) is 29.8 Å². The number of hydrogen-bond donors (Lipinski definition) is 1. The fraction of sp³-hybridized carbons (Fsp3) is 0.238. The van der Waals surface area contributed by atoms with Crippen LogP contribution in [-0.2, 0) is 27.3 Å². The lowest BCUT2D eigenvalue weighted by atomic mass is 10.1. The molecule has 0 fully saturated rings. The third-order valence-electron chi connectivity index (χ3n) is 4.08. The Morgan fingerprint density at radius 1 is 1.07 bits per heavy atom. The maximum Gasteiger partial charge on any atom is 0.306 e. The van der Waals surface area contributed by atoms with Crippen LogP contribution in [0.2, 0.25) is 0 Å². The summed E-state index contributed by atoms with van der Waals surface area (Å²) in [6.45, 7) is 1.82. The summed E-state index contributed by atoms with van der Waals surface area (Å²) in [4.78, 5) is 23.6. The van der Waals surface area contributed by atoms with Crippen LogP contribution >= 0.6 is 0 Å². The Morgan fingerprint density at radius 2 is 1.79 bits per heavy atom. The number of halogens is 1. The highest BCUT2D eigenvalue weighted by molar-refractivity contribution is 5.80. The Bertz CT molecular complexity index is 968. The van der Waals surface area contributed by atoms with Crippen molar-refractivity contribution in [2.24, 2.45) is 0 Å². The van der Waals surface area contributed by atoms with Crippen molar-refractivity contribution in [2.45, 2.75) is 26.3 Å². The Balaban J connectivity index is 1.38. The van der Waals surface area contributed by atoms with Gasteiger partial charge in [0.1, 0.15) is 5.82 Å². The first kappa shape index (κ1) is 20.2. The fourth-order valence-electron chi connectivity index (χ4n) is 2.45. The first-order valence-corrected chi connectivity index (χ1v) is 9.06. The molecule has 150 valence electrons. The van der Waals surface area contributed by atoms with E-state index in [0.717, 1.165) is 16.7 Å². The second-order valence-corrected chi connectivity index (χ2v) is 6.43. The summed E-state index contributed by atoms with van der Waals surface area (Å²) in [5.41, 5.74) is 2.67. The molecule has 1 amide bonds. The molecule has 2 aromatic carbocycles. The van der Waals surface area contributed by atoms with Crippen molar-refractivity contribution in [3.8, 4) is 11.5 Å². The number of aryl methyl sites for hydroxylation is 2. The molecular formula is C21H20FN3O4. The minimum Gasteiger partial charge on any atom is -0.456 e. The highest BCUT2D eigenvalue weighted by Crippen LogP contribution is 2.18. The fourth-order valence-corrected chi connectivity index (χ4v) is 2.45. The third-order valence-corrected chi connectivity index (χ3v) is 4.08. The topological polar surface area (TPSA) is 94.3 Å². The van der Waals surface area contributed by atoms with Crippen molar-refractivity contribution in [2.75, 3.05) is 6.61 Å². The Hall–Kier alpha value is -3.55. The standard InChI is InChI=1S/C21H20FN3O4/c1-14-2-6-16(7-3-14)21-25-24-19(29-21)10-11-20(27)28-13-18(26)23-12-15-4-8-17(22)9-5-15/h2-9H,10-13H2,1H3,(H,23,26). The molecule has 29 heavy (non-hydrogen) atoms. The number of nitrogens with one attached hydrogen (secondary N) is 1. The van der Waals surface area contributed by atoms with E-state index in [1.165, 1.54) is 12.1 Å². The van der Waals surface area contributed by atoms with Crippen LogP contribution in [0.4, 0.5) is 4.39 Å². The second-order valence-electron chi connectivity index (χ2n) is 6.43. The Kier molecular flexibility index (Phi) is 6.67. The van der Waals surface area contributed by atoms with Crippen LogP contribution in [0.3, 0.4) is 0 Å². The average Bonchev–Trinajstić information content (AvgIpc) is 3.20. The molecule has 0 aliphatic rings. The normalized spacial score (nSPS) is 10.6. The number of aromatic nitrogens is 2. The summed E-state index contributed by atoms with van der Waals surface area (Å²) in [5, 5.41) is 10.5. The van der Waals surface area contributed by atoms with Crippen LogP contribution in [0.1, 0.15) is 23.4 Å². The second kappa shape index (κ2) is 9.59. The van der Waals surface area contributed by atoms with E-state index in [2.05, 4.69) is 15.5 Å². The molecular weight excluding hydrogens is 377 g/mol. The van der Waals surface area contributed by atoms with Crippen LogP contribution in [0, 0.1) is 12.7 Å². The number of amides is 1. The minimum absolute atomic E-state index is 0.0147. The van der Waals surface area contributed by atoms with Gasteiger partial charge in [-0.25, -0.2) is 4.39 Å². The number of esters is 1. The number of ether oxygens (including phenoxy) is 1. The van der Waals surface area contributed by atoms with Crippen LogP contribution in [0.15, 0.2) is 52.9 Å². The van der Waals surface area contributed by atoms with Gasteiger partial charge < -0.3 is 14.5 Å². The molecule has 0 unspecified atom stereocenters. The molecule has 1 aromatic heterocycles. The van der Waals surface area contributed by atoms with Gasteiger partial charge >= 0.3 is 5.97 Å². The van der Waals surface area contributed by atoms with Crippen molar-refractivity contribution >= 4 is 11.9 Å². The zero-order valence-corrected chi connectivity index (χ0v) is 15.9. The number of carbonyl (C=O) groups is 2. The summed E-state index contributed by atoms with van der Waals surface area (Å²) in [7, 11) is 0. The first-order valence-electron chi connectivity index (χ1n) is 9.06. The number of hydrogen-bond acceptors (Lipinski definition) is 6. The molecule has 0 atom stereocenters. The van der Waals surface area contributed by atoms with Crippen molar-refractivity contribution in [3.63, 3.8) is 0 Å². The maximum absolute atomic E-state index is 12.8. The van der Waals surface area contributed by atoms with E-state index in [0.29, 0.717) is 11.8 Å². The maximum atomic E-state index is 12.8. The average molecular weight is 397 g/mol. The van der Waals surface area contributed by atoms with Gasteiger partial charge in [0.25, 0.3) is 5.91 Å². The molecule has 7 nitrogen and oxygen atoms in total. The molecule has 1 N–H and O–H groups in total. The summed E-state index contributed by atoms with van der Waals surface area (Å²) in [5.74, 6) is -0.632. The molecule has 0 aliphatic carbocycles. The lowest BCUT2D eigenvalue weighted by molar-refractivity contribution is -0.148. The van der Waals surface area contributed by atoms with Gasteiger partial charge in [-0.15, -0.1) is 10.2 Å². The van der Waals surface area contributed by atoms with Crippen molar-refractivity contribution in [1.82, 2.24) is 15.5 Å². The van der Waals surface area contributed by atoms with Gasteiger partial charge in [0.2, 0.25) is 11.8 Å². The summed E-state index contributed by atoms with van der Waals surface area (Å²) >= 11 is 0. The number of rotatable bonds is 8. The summed E-state index contributed by atoms with van der Waals surface area (Å²) in [6.07, 6.45) is 0.232. The van der Waals surface area contributed by atoms with Gasteiger partial charge in [0.05, 0.1) is 6.42 Å². The number of nitrogens with zero attached hydrogens (tertiary/aromatic N) is 2. The predicted molar refractivity (Wildman–Crippen MR) is 102 cm³/mol. The number of carbonyl (C=O) groups excluding carboxylic acids is 2. The van der Waals surface area contributed by atoms with E-state index in [1.54, 1.807) is 12.1 Å². The van der Waals surface area contributed by atoms with E-state index < -0.39 is 18.5 Å². The van der Waals surface area contributed by atoms with Gasteiger partial charge in [0.15, 0.2) is 6.61 Å². The summed E-state index contributed by atoms with van der Waals surface area (Å²) < 4.78 is 23.3. The lowest BCUT2D eigenvalue weighted by Crippen LogP contribution is -2.28. The van der Waals surface area contributed by atoms with Gasteiger partial charge in [-0.3, -0.25) is 9.59 Å². The van der Waals surface area contributed by atoms with Crippen LogP contribution in [-0.4, -0.2) is 28.7 Å². The SMILES string of the molecule is Cc1ccc(-c2nnc(CCC(=O)OCC(=O)NCc3ccc(F)cc3)o2)cc1. The molecule has 0 saturated carbocycles. The largest absolute Gasteiger partial charge is 0.456 e. The smallest absolute Gasteiger partial charge is 0.306 e. The van der Waals surface area contributed by atoms with Gasteiger partial charge in [0, 0.05) is 18.5 Å². The minimum atomic E-state index is -0.544. The zero-order chi connectivity index (χ0) is 20.6. The predicted octanol–water partition coefficient (Wildman–Crippen LogP) is 2.98. The first-order chi connectivity index (χ1) is 14.0. The van der Waals surface area contributed by atoms with E-state index in [9.17, 15) is 14.0 Å². The van der Waals surface area contributed by atoms with Crippen molar-refractivity contribution < 1.29 is 23.1 Å². The third kappa shape index (κ3) is 6.24. The Labute approximate surface area is 166 Å². The van der Waals surface area contributed by atoms with Gasteiger partial charge in [-0.2, -0.15) is 0 Å². The highest BCUT2D eigenvalue weighted by atomic mass is 19.1. The number of benzene rings is 2. The molecule has 8 heteroatoms. The highest BCUT2D eigenvalue weighted by Gasteiger charge is 2.12. The molecule has 0 saturated heterocycles. The molecule has 0 bridgehead atoms. The van der Waals surface area contributed by atoms with Crippen LogP contribution in [0.25, 0.3) is 11.5 Å². The molecule has 0 aliphatic heterocycles. The van der Waals surface area contributed by atoms with Gasteiger partial charge in [-0.05, 0) is 36.8 Å². The lowest BCUT2D eigenvalue weighted by Gasteiger charge is -2.06. The van der Waals surface area contributed by atoms with E-state index in [1.807, 2.05) is 31.2 Å². The van der Waals surface area contributed by atoms with Crippen molar-refractivity contribution in [3.05, 3.63) is 71.4 Å². The van der Waals surface area contributed by atoms with Crippen LogP contribution < -0.4 is 5.32 Å². The molecule has 3 rings (SSSR count). The summed E-state index contributed by atoms with van der Waals surface area (Å²) in [6, 6.07) is 13.4. The van der Waals surface area contributed by atoms with E-state index in [4.69, 9.17) is 9.15 Å². The zero-order valence-electron chi connectivity index (χ0n) is 15.9. The monoisotopic (exact) mass is 397 g/mol. The molecule has 0 radical (unpaired) electrons. The molecule has 3 aromatic rings. The molecule has 0 spiro atoms. The van der Waals surface area contributed by atoms with E-state index >= 15 is 0 Å². The van der Waals surface area contributed by atoms with Crippen molar-refractivity contribution in [1.29, 1.82) is 0 Å². The van der Waals surface area contributed by atoms with Crippen LogP contribution in [0.5, 0.6) is 0 Å². The Morgan fingerprint density at radius 3 is 2.52 bits per heavy atom. The quantitative estimate of drug-likeness (QED) is 0.587. The van der Waals surface area contributed by atoms with E-state index in [-0.39, 0.29) is 25.2 Å². The molecule has 1 heterocycles.